The van der Waals surface area contributed by atoms with Crippen LogP contribution in [0.1, 0.15) is 43.2 Å². The molecular weight excluding hydrogens is 687 g/mol. The van der Waals surface area contributed by atoms with Gasteiger partial charge in [-0.1, -0.05) is 109 Å². The number of hydrogen-bond donors (Lipinski definition) is 0. The highest BCUT2D eigenvalue weighted by atomic mass is 32.1. The van der Waals surface area contributed by atoms with Crippen molar-refractivity contribution < 1.29 is 4.42 Å². The smallest absolute Gasteiger partial charge is 0.143 e. The Labute approximate surface area is 324 Å². The van der Waals surface area contributed by atoms with Gasteiger partial charge in [0, 0.05) is 58.9 Å². The molecule has 7 aromatic carbocycles. The number of rotatable bonds is 4. The number of benzene rings is 7. The van der Waals surface area contributed by atoms with Gasteiger partial charge in [0.15, 0.2) is 0 Å². The Morgan fingerprint density at radius 2 is 1.16 bits per heavy atom. The van der Waals surface area contributed by atoms with Crippen LogP contribution in [0.25, 0.3) is 64.4 Å². The number of fused-ring (bicyclic) bond motifs is 9. The summed E-state index contributed by atoms with van der Waals surface area (Å²) in [6, 6.07) is 56.9. The molecule has 9 aromatic rings. The van der Waals surface area contributed by atoms with Crippen LogP contribution < -0.4 is 4.90 Å². The molecule has 0 radical (unpaired) electrons. The van der Waals surface area contributed by atoms with E-state index in [0.717, 1.165) is 62.4 Å². The second kappa shape index (κ2) is 11.2. The molecule has 0 aliphatic heterocycles. The van der Waals surface area contributed by atoms with Gasteiger partial charge in [-0.15, -0.1) is 11.3 Å². The van der Waals surface area contributed by atoms with E-state index in [-0.39, 0.29) is 5.41 Å². The zero-order valence-corrected chi connectivity index (χ0v) is 31.4. The molecule has 1 spiro atoms. The van der Waals surface area contributed by atoms with Gasteiger partial charge < -0.3 is 9.32 Å². The van der Waals surface area contributed by atoms with E-state index >= 15 is 0 Å². The number of furan rings is 1. The highest BCUT2D eigenvalue weighted by Gasteiger charge is 2.61. The minimum Gasteiger partial charge on any atom is -0.455 e. The Bertz CT molecular complexity index is 2990. The largest absolute Gasteiger partial charge is 0.455 e. The molecule has 14 rings (SSSR count). The number of anilines is 3. The van der Waals surface area contributed by atoms with Crippen molar-refractivity contribution in [3.63, 3.8) is 0 Å². The van der Waals surface area contributed by atoms with Crippen LogP contribution in [0, 0.1) is 23.7 Å². The highest BCUT2D eigenvalue weighted by Crippen LogP contribution is 2.70. The van der Waals surface area contributed by atoms with E-state index in [4.69, 9.17) is 4.42 Å². The number of thiophene rings is 1. The van der Waals surface area contributed by atoms with Crippen LogP contribution >= 0.6 is 11.3 Å². The van der Waals surface area contributed by atoms with Gasteiger partial charge >= 0.3 is 0 Å². The van der Waals surface area contributed by atoms with Gasteiger partial charge in [-0.05, 0) is 120 Å². The first-order chi connectivity index (χ1) is 27.2. The van der Waals surface area contributed by atoms with Crippen molar-refractivity contribution in [1.29, 1.82) is 0 Å². The van der Waals surface area contributed by atoms with Crippen molar-refractivity contribution in [2.24, 2.45) is 23.7 Å². The lowest BCUT2D eigenvalue weighted by Crippen LogP contribution is -2.55. The molecule has 4 bridgehead atoms. The highest BCUT2D eigenvalue weighted by molar-refractivity contribution is 7.25. The maximum Gasteiger partial charge on any atom is 0.143 e. The van der Waals surface area contributed by atoms with Crippen LogP contribution in [0.2, 0.25) is 0 Å². The van der Waals surface area contributed by atoms with Gasteiger partial charge in [0.1, 0.15) is 11.2 Å². The quantitative estimate of drug-likeness (QED) is 0.180. The van der Waals surface area contributed by atoms with Crippen LogP contribution in [0.3, 0.4) is 0 Å². The second-order valence-electron chi connectivity index (χ2n) is 16.9. The molecule has 0 amide bonds. The number of para-hydroxylation sites is 2. The molecule has 2 nitrogen and oxygen atoms in total. The van der Waals surface area contributed by atoms with Crippen molar-refractivity contribution in [3.05, 3.63) is 163 Å². The maximum atomic E-state index is 6.49. The predicted molar refractivity (Wildman–Crippen MR) is 230 cm³/mol. The Balaban J connectivity index is 1.02. The molecule has 264 valence electrons. The third-order valence-electron chi connectivity index (χ3n) is 14.3. The summed E-state index contributed by atoms with van der Waals surface area (Å²) in [6.45, 7) is 0. The molecule has 4 fully saturated rings. The normalized spacial score (nSPS) is 23.3. The molecule has 5 aliphatic carbocycles. The van der Waals surface area contributed by atoms with Crippen LogP contribution in [-0.4, -0.2) is 0 Å². The van der Waals surface area contributed by atoms with Crippen molar-refractivity contribution in [2.75, 3.05) is 4.90 Å². The lowest BCUT2D eigenvalue weighted by atomic mass is 9.43. The first-order valence-corrected chi connectivity index (χ1v) is 21.0. The Hall–Kier alpha value is -5.64. The van der Waals surface area contributed by atoms with Gasteiger partial charge in [0.2, 0.25) is 0 Å². The molecule has 2 aromatic heterocycles. The van der Waals surface area contributed by atoms with Crippen molar-refractivity contribution in [3.8, 4) is 22.3 Å². The fraction of sp³-hybridized carbons (Fsp3) is 0.192. The third-order valence-corrected chi connectivity index (χ3v) is 15.4. The first-order valence-electron chi connectivity index (χ1n) is 20.2. The minimum atomic E-state index is 0.117. The molecule has 5 aliphatic rings. The van der Waals surface area contributed by atoms with E-state index in [2.05, 4.69) is 150 Å². The van der Waals surface area contributed by atoms with Crippen molar-refractivity contribution in [1.82, 2.24) is 0 Å². The summed E-state index contributed by atoms with van der Waals surface area (Å²) in [5.41, 5.74) is 14.0. The fourth-order valence-electron chi connectivity index (χ4n) is 12.4. The van der Waals surface area contributed by atoms with Crippen LogP contribution in [0.15, 0.2) is 156 Å². The summed E-state index contributed by atoms with van der Waals surface area (Å²) in [4.78, 5) is 2.56. The minimum absolute atomic E-state index is 0.117. The SMILES string of the molecule is c1ccc2c(c1)-c1c(N(c3ccc(-c4cccc5c4oc4ccccc45)cc3)c3ccc4c(c3)sc3ccccc34)cccc1C21C2CC3CC(C2)CC1C3. The second-order valence-corrected chi connectivity index (χ2v) is 17.9. The number of hydrogen-bond acceptors (Lipinski definition) is 3. The lowest BCUT2D eigenvalue weighted by Gasteiger charge is -2.61. The molecule has 0 saturated heterocycles. The summed E-state index contributed by atoms with van der Waals surface area (Å²) < 4.78 is 9.15. The van der Waals surface area contributed by atoms with E-state index in [9.17, 15) is 0 Å². The third kappa shape index (κ3) is 4.14. The van der Waals surface area contributed by atoms with Gasteiger partial charge in [0.05, 0.1) is 5.69 Å². The molecule has 55 heavy (non-hydrogen) atoms. The van der Waals surface area contributed by atoms with E-state index < -0.39 is 0 Å². The van der Waals surface area contributed by atoms with Crippen LogP contribution in [0.4, 0.5) is 17.1 Å². The van der Waals surface area contributed by atoms with Crippen molar-refractivity contribution >= 4 is 70.5 Å². The topological polar surface area (TPSA) is 16.4 Å². The summed E-state index contributed by atoms with van der Waals surface area (Å²) in [5, 5.41) is 4.99. The van der Waals surface area contributed by atoms with Gasteiger partial charge in [0.25, 0.3) is 0 Å². The Morgan fingerprint density at radius 1 is 0.509 bits per heavy atom. The molecule has 0 unspecified atom stereocenters. The average molecular weight is 726 g/mol. The van der Waals surface area contributed by atoms with Crippen LogP contribution in [0.5, 0.6) is 0 Å². The fourth-order valence-corrected chi connectivity index (χ4v) is 13.6. The monoisotopic (exact) mass is 725 g/mol. The Morgan fingerprint density at radius 3 is 2.02 bits per heavy atom. The molecule has 2 heterocycles. The standard InChI is InChI=1S/C52H39NOS/c1-4-14-44-43(11-1)50-45(52(44)34-26-31-25-32(28-34)29-35(52)27-31)15-8-16-46(50)53(37-23-24-41-40-10-3-6-18-48(40)55-49(41)30-37)36-21-19-33(20-22-36)38-12-7-13-42-39-9-2-5-17-47(39)54-51(38)42/h1-24,30-32,34-35H,25-29H2. The Kier molecular flexibility index (Phi) is 6.25. The summed E-state index contributed by atoms with van der Waals surface area (Å²) in [6.07, 6.45) is 7.01. The van der Waals surface area contributed by atoms with Crippen molar-refractivity contribution in [2.45, 2.75) is 37.5 Å². The molecular formula is C52H39NOS. The zero-order chi connectivity index (χ0) is 35.8. The van der Waals surface area contributed by atoms with E-state index in [1.54, 1.807) is 11.1 Å². The maximum absolute atomic E-state index is 6.49. The van der Waals surface area contributed by atoms with Gasteiger partial charge in [-0.3, -0.25) is 0 Å². The van der Waals surface area contributed by atoms with E-state index in [1.165, 1.54) is 74.8 Å². The molecule has 0 atom stereocenters. The van der Waals surface area contributed by atoms with Gasteiger partial charge in [-0.2, -0.15) is 0 Å². The molecule has 4 saturated carbocycles. The first kappa shape index (κ1) is 30.7. The van der Waals surface area contributed by atoms with Gasteiger partial charge in [-0.25, -0.2) is 0 Å². The molecule has 3 heteroatoms. The average Bonchev–Trinajstić information content (AvgIpc) is 3.89. The predicted octanol–water partition coefficient (Wildman–Crippen LogP) is 14.8. The van der Waals surface area contributed by atoms with E-state index in [0.29, 0.717) is 0 Å². The summed E-state index contributed by atoms with van der Waals surface area (Å²) in [7, 11) is 0. The zero-order valence-electron chi connectivity index (χ0n) is 30.5. The van der Waals surface area contributed by atoms with E-state index in [1.807, 2.05) is 17.4 Å². The lowest BCUT2D eigenvalue weighted by molar-refractivity contribution is -0.0399. The number of nitrogens with zero attached hydrogens (tertiary/aromatic N) is 1. The summed E-state index contributed by atoms with van der Waals surface area (Å²) in [5.74, 6) is 3.29. The summed E-state index contributed by atoms with van der Waals surface area (Å²) >= 11 is 1.90. The van der Waals surface area contributed by atoms with Crippen LogP contribution in [-0.2, 0) is 5.41 Å². The molecule has 0 N–H and O–H groups in total.